The number of halogens is 2. The Bertz CT molecular complexity index is 881. The largest absolute Gasteiger partial charge is 0.394 e. The Hall–Kier alpha value is -1.64. The number of β-amino-alcohol motifs (C(OH)–C–C–N with tert-alkyl or cyclic N) is 1. The van der Waals surface area contributed by atoms with E-state index in [9.17, 15) is 19.8 Å². The van der Waals surface area contributed by atoms with Crippen LogP contribution in [0.5, 0.6) is 0 Å². The number of nitrogens with zero attached hydrogens (tertiary/aromatic N) is 3. The van der Waals surface area contributed by atoms with E-state index in [1.54, 1.807) is 34.1 Å². The van der Waals surface area contributed by atoms with Gasteiger partial charge in [-0.25, -0.2) is 0 Å². The first kappa shape index (κ1) is 26.0. The maximum atomic E-state index is 12.6. The van der Waals surface area contributed by atoms with E-state index in [0.29, 0.717) is 49.2 Å². The lowest BCUT2D eigenvalue weighted by Gasteiger charge is -2.35. The van der Waals surface area contributed by atoms with Crippen LogP contribution in [0.3, 0.4) is 0 Å². The van der Waals surface area contributed by atoms with E-state index in [1.165, 1.54) is 6.08 Å². The Labute approximate surface area is 205 Å². The van der Waals surface area contributed by atoms with Gasteiger partial charge in [-0.15, -0.1) is 0 Å². The zero-order valence-electron chi connectivity index (χ0n) is 19.1. The average molecular weight is 498 g/mol. The van der Waals surface area contributed by atoms with Gasteiger partial charge in [0.2, 0.25) is 11.8 Å². The van der Waals surface area contributed by atoms with Crippen molar-refractivity contribution in [1.29, 1.82) is 0 Å². The summed E-state index contributed by atoms with van der Waals surface area (Å²) in [5, 5.41) is 21.1. The summed E-state index contributed by atoms with van der Waals surface area (Å²) in [6.07, 6.45) is 5.26. The van der Waals surface area contributed by atoms with Gasteiger partial charge in [0.1, 0.15) is 0 Å². The van der Waals surface area contributed by atoms with E-state index in [-0.39, 0.29) is 30.4 Å². The first-order valence-electron chi connectivity index (χ1n) is 11.5. The van der Waals surface area contributed by atoms with Gasteiger partial charge >= 0.3 is 0 Å². The van der Waals surface area contributed by atoms with Crippen LogP contribution >= 0.6 is 23.2 Å². The molecule has 1 aromatic carbocycles. The van der Waals surface area contributed by atoms with E-state index in [2.05, 4.69) is 4.90 Å². The van der Waals surface area contributed by atoms with Crippen LogP contribution in [-0.4, -0.2) is 94.2 Å². The molecule has 2 aliphatic heterocycles. The number of aliphatic hydroxyl groups excluding tert-OH is 2. The van der Waals surface area contributed by atoms with Crippen molar-refractivity contribution in [2.45, 2.75) is 44.2 Å². The molecule has 182 valence electrons. The number of likely N-dealkylation sites (tertiary alicyclic amines) is 1. The number of rotatable bonds is 8. The lowest BCUT2D eigenvalue weighted by molar-refractivity contribution is -0.130. The van der Waals surface area contributed by atoms with Crippen molar-refractivity contribution in [2.24, 2.45) is 0 Å². The molecule has 2 fully saturated rings. The molecule has 0 aliphatic carbocycles. The number of hydrogen-bond acceptors (Lipinski definition) is 5. The summed E-state index contributed by atoms with van der Waals surface area (Å²) in [5.41, 5.74) is 0.500. The highest BCUT2D eigenvalue weighted by atomic mass is 35.5. The van der Waals surface area contributed by atoms with Gasteiger partial charge in [-0.05, 0) is 56.5 Å². The van der Waals surface area contributed by atoms with Gasteiger partial charge in [0, 0.05) is 50.8 Å². The van der Waals surface area contributed by atoms with Crippen molar-refractivity contribution < 1.29 is 19.8 Å². The monoisotopic (exact) mass is 497 g/mol. The van der Waals surface area contributed by atoms with Crippen molar-refractivity contribution in [3.63, 3.8) is 0 Å². The van der Waals surface area contributed by atoms with Crippen LogP contribution in [0, 0.1) is 0 Å². The molecular weight excluding hydrogens is 465 g/mol. The van der Waals surface area contributed by atoms with Gasteiger partial charge in [0.25, 0.3) is 0 Å². The Balaban J connectivity index is 1.48. The van der Waals surface area contributed by atoms with E-state index in [1.807, 2.05) is 6.92 Å². The average Bonchev–Trinajstić information content (AvgIpc) is 3.05. The molecule has 3 rings (SSSR count). The molecule has 2 heterocycles. The molecule has 2 N–H and O–H groups in total. The predicted molar refractivity (Wildman–Crippen MR) is 130 cm³/mol. The fraction of sp³-hybridized carbons (Fsp3) is 0.583. The van der Waals surface area contributed by atoms with Crippen LogP contribution in [0.25, 0.3) is 6.08 Å². The molecule has 2 unspecified atom stereocenters. The zero-order chi connectivity index (χ0) is 24.0. The number of carbonyl (C=O) groups excluding carboxylic acids is 2. The van der Waals surface area contributed by atoms with Crippen molar-refractivity contribution in [3.8, 4) is 0 Å². The standard InChI is InChI=1S/C24H33Cl2N3O4/c1-24(17-30)9-2-10-29(24)16-19(31)7-11-27-13-14-28(12-8-23(27)33)22(32)6-4-18-3-5-20(25)21(26)15-18/h3-6,15,19,30-31H,2,7-14,16-17H2,1H3/b6-4+. The normalized spacial score (nSPS) is 23.4. The summed E-state index contributed by atoms with van der Waals surface area (Å²) in [5.74, 6) is -0.166. The first-order chi connectivity index (χ1) is 15.7. The van der Waals surface area contributed by atoms with E-state index < -0.39 is 6.10 Å². The summed E-state index contributed by atoms with van der Waals surface area (Å²) in [6.45, 7) is 5.15. The third-order valence-corrected chi connectivity index (χ3v) is 7.41. The summed E-state index contributed by atoms with van der Waals surface area (Å²) in [6, 6.07) is 5.15. The highest BCUT2D eigenvalue weighted by molar-refractivity contribution is 6.42. The quantitative estimate of drug-likeness (QED) is 0.539. The van der Waals surface area contributed by atoms with E-state index >= 15 is 0 Å². The third-order valence-electron chi connectivity index (χ3n) is 6.67. The minimum absolute atomic E-state index is 0.00710. The second kappa shape index (κ2) is 11.7. The van der Waals surface area contributed by atoms with Gasteiger partial charge in [0.05, 0.1) is 22.8 Å². The van der Waals surface area contributed by atoms with Crippen molar-refractivity contribution >= 4 is 41.1 Å². The molecule has 0 radical (unpaired) electrons. The van der Waals surface area contributed by atoms with Crippen molar-refractivity contribution in [2.75, 3.05) is 45.9 Å². The van der Waals surface area contributed by atoms with Gasteiger partial charge in [0.15, 0.2) is 0 Å². The molecule has 7 nitrogen and oxygen atoms in total. The first-order valence-corrected chi connectivity index (χ1v) is 12.2. The number of amides is 2. The van der Waals surface area contributed by atoms with E-state index in [4.69, 9.17) is 23.2 Å². The Morgan fingerprint density at radius 2 is 2.00 bits per heavy atom. The minimum atomic E-state index is -0.572. The Kier molecular flexibility index (Phi) is 9.18. The number of benzene rings is 1. The van der Waals surface area contributed by atoms with Crippen LogP contribution in [0.15, 0.2) is 24.3 Å². The van der Waals surface area contributed by atoms with Crippen LogP contribution in [0.1, 0.15) is 38.2 Å². The molecule has 0 saturated carbocycles. The van der Waals surface area contributed by atoms with E-state index in [0.717, 1.165) is 24.9 Å². The van der Waals surface area contributed by atoms with Crippen LogP contribution in [-0.2, 0) is 9.59 Å². The predicted octanol–water partition coefficient (Wildman–Crippen LogP) is 2.67. The van der Waals surface area contributed by atoms with Crippen LogP contribution < -0.4 is 0 Å². The smallest absolute Gasteiger partial charge is 0.246 e. The Morgan fingerprint density at radius 1 is 1.21 bits per heavy atom. The van der Waals surface area contributed by atoms with Crippen molar-refractivity contribution in [1.82, 2.24) is 14.7 Å². The number of carbonyl (C=O) groups is 2. The van der Waals surface area contributed by atoms with Gasteiger partial charge in [-0.3, -0.25) is 14.5 Å². The summed E-state index contributed by atoms with van der Waals surface area (Å²) >= 11 is 11.9. The molecule has 2 aliphatic rings. The molecule has 0 aromatic heterocycles. The summed E-state index contributed by atoms with van der Waals surface area (Å²) in [4.78, 5) is 30.7. The molecule has 2 amide bonds. The highest BCUT2D eigenvalue weighted by Crippen LogP contribution is 2.28. The number of hydrogen-bond donors (Lipinski definition) is 2. The van der Waals surface area contributed by atoms with Gasteiger partial charge < -0.3 is 20.0 Å². The SMILES string of the molecule is CC1(CO)CCCN1CC(O)CCN1CCN(C(=O)/C=C/c2ccc(Cl)c(Cl)c2)CCC1=O. The third kappa shape index (κ3) is 6.93. The van der Waals surface area contributed by atoms with Gasteiger partial charge in [-0.2, -0.15) is 0 Å². The zero-order valence-corrected chi connectivity index (χ0v) is 20.6. The topological polar surface area (TPSA) is 84.3 Å². The van der Waals surface area contributed by atoms with Gasteiger partial charge in [-0.1, -0.05) is 29.3 Å². The second-order valence-electron chi connectivity index (χ2n) is 9.11. The summed E-state index contributed by atoms with van der Waals surface area (Å²) in [7, 11) is 0. The molecular formula is C24H33Cl2N3O4. The second-order valence-corrected chi connectivity index (χ2v) is 9.92. The molecule has 1 aromatic rings. The van der Waals surface area contributed by atoms with Crippen LogP contribution in [0.2, 0.25) is 10.0 Å². The molecule has 0 spiro atoms. The maximum Gasteiger partial charge on any atom is 0.246 e. The summed E-state index contributed by atoms with van der Waals surface area (Å²) < 4.78 is 0. The molecule has 2 atom stereocenters. The Morgan fingerprint density at radius 3 is 2.73 bits per heavy atom. The lowest BCUT2D eigenvalue weighted by atomic mass is 10.00. The van der Waals surface area contributed by atoms with Crippen molar-refractivity contribution in [3.05, 3.63) is 39.9 Å². The molecule has 2 saturated heterocycles. The molecule has 9 heteroatoms. The fourth-order valence-electron chi connectivity index (χ4n) is 4.43. The fourth-order valence-corrected chi connectivity index (χ4v) is 4.74. The lowest BCUT2D eigenvalue weighted by Crippen LogP contribution is -2.48. The molecule has 33 heavy (non-hydrogen) atoms. The minimum Gasteiger partial charge on any atom is -0.394 e. The highest BCUT2D eigenvalue weighted by Gasteiger charge is 2.36. The van der Waals surface area contributed by atoms with Crippen LogP contribution in [0.4, 0.5) is 0 Å². The number of aliphatic hydroxyl groups is 2. The maximum absolute atomic E-state index is 12.6. The molecule has 0 bridgehead atoms.